The zero-order chi connectivity index (χ0) is 17.2. The minimum absolute atomic E-state index is 0.315. The van der Waals surface area contributed by atoms with Crippen LogP contribution in [0.15, 0.2) is 12.4 Å². The van der Waals surface area contributed by atoms with E-state index in [-0.39, 0.29) is 0 Å². The molecule has 1 aliphatic heterocycles. The van der Waals surface area contributed by atoms with Crippen molar-refractivity contribution in [3.63, 3.8) is 0 Å². The number of piperazine rings is 1. The first-order valence-corrected chi connectivity index (χ1v) is 8.93. The summed E-state index contributed by atoms with van der Waals surface area (Å²) in [7, 11) is 0. The summed E-state index contributed by atoms with van der Waals surface area (Å²) >= 11 is 0. The molecule has 1 aromatic rings. The molecule has 130 valence electrons. The van der Waals surface area contributed by atoms with Gasteiger partial charge in [0, 0.05) is 44.6 Å². The van der Waals surface area contributed by atoms with Gasteiger partial charge < -0.3 is 10.0 Å². The number of nitriles is 1. The molecule has 0 bridgehead atoms. The Morgan fingerprint density at radius 2 is 1.96 bits per heavy atom. The van der Waals surface area contributed by atoms with Crippen molar-refractivity contribution in [2.24, 2.45) is 5.92 Å². The topological polar surface area (TPSA) is 76.3 Å². The van der Waals surface area contributed by atoms with Crippen LogP contribution >= 0.6 is 0 Å². The molecule has 0 spiro atoms. The van der Waals surface area contributed by atoms with Crippen molar-refractivity contribution in [3.8, 4) is 6.07 Å². The number of nitrogens with zero attached hydrogens (tertiary/aromatic N) is 5. The molecule has 0 aromatic carbocycles. The van der Waals surface area contributed by atoms with Gasteiger partial charge in [-0.1, -0.05) is 6.92 Å². The molecule has 1 saturated heterocycles. The molecule has 1 aliphatic carbocycles. The van der Waals surface area contributed by atoms with Crippen LogP contribution in [0, 0.1) is 17.2 Å². The Morgan fingerprint density at radius 3 is 2.62 bits per heavy atom. The molecule has 0 radical (unpaired) electrons. The molecule has 0 amide bonds. The number of hydrogen-bond donors (Lipinski definition) is 1. The number of rotatable bonds is 3. The molecule has 6 nitrogen and oxygen atoms in total. The van der Waals surface area contributed by atoms with Crippen LogP contribution in [0.2, 0.25) is 0 Å². The van der Waals surface area contributed by atoms with Crippen molar-refractivity contribution in [2.75, 3.05) is 31.1 Å². The van der Waals surface area contributed by atoms with Crippen molar-refractivity contribution < 1.29 is 5.11 Å². The smallest absolute Gasteiger partial charge is 0.183 e. The van der Waals surface area contributed by atoms with E-state index in [1.165, 1.54) is 0 Å². The molecule has 24 heavy (non-hydrogen) atoms. The van der Waals surface area contributed by atoms with Gasteiger partial charge in [0.15, 0.2) is 11.5 Å². The molecular weight excluding hydrogens is 302 g/mol. The summed E-state index contributed by atoms with van der Waals surface area (Å²) in [5.41, 5.74) is -0.147. The predicted octanol–water partition coefficient (Wildman–Crippen LogP) is 1.80. The summed E-state index contributed by atoms with van der Waals surface area (Å²) in [5.74, 6) is 1.41. The Morgan fingerprint density at radius 1 is 1.25 bits per heavy atom. The van der Waals surface area contributed by atoms with Crippen molar-refractivity contribution in [1.29, 1.82) is 5.26 Å². The molecule has 2 heterocycles. The van der Waals surface area contributed by atoms with E-state index in [1.54, 1.807) is 12.4 Å². The minimum atomic E-state index is -0.534. The fourth-order valence-corrected chi connectivity index (χ4v) is 3.90. The second kappa shape index (κ2) is 7.04. The first-order valence-electron chi connectivity index (χ1n) is 8.93. The van der Waals surface area contributed by atoms with Crippen molar-refractivity contribution in [3.05, 3.63) is 18.1 Å². The Labute approximate surface area is 144 Å². The van der Waals surface area contributed by atoms with E-state index in [2.05, 4.69) is 39.7 Å². The predicted molar refractivity (Wildman–Crippen MR) is 92.6 cm³/mol. The Kier molecular flexibility index (Phi) is 5.02. The van der Waals surface area contributed by atoms with E-state index >= 15 is 0 Å². The highest BCUT2D eigenvalue weighted by molar-refractivity contribution is 5.49. The molecular formula is C18H27N5O. The number of aliphatic hydroxyl groups is 1. The zero-order valence-corrected chi connectivity index (χ0v) is 14.6. The van der Waals surface area contributed by atoms with Crippen LogP contribution in [0.25, 0.3) is 0 Å². The van der Waals surface area contributed by atoms with Crippen molar-refractivity contribution in [1.82, 2.24) is 14.9 Å². The fourth-order valence-electron chi connectivity index (χ4n) is 3.90. The fraction of sp³-hybridized carbons (Fsp3) is 0.722. The van der Waals surface area contributed by atoms with E-state index in [4.69, 9.17) is 0 Å². The van der Waals surface area contributed by atoms with Gasteiger partial charge in [-0.3, -0.25) is 4.90 Å². The second-order valence-corrected chi connectivity index (χ2v) is 7.51. The Bertz CT molecular complexity index is 606. The lowest BCUT2D eigenvalue weighted by Gasteiger charge is -2.45. The van der Waals surface area contributed by atoms with Gasteiger partial charge in [-0.2, -0.15) is 5.26 Å². The number of hydrogen-bond acceptors (Lipinski definition) is 6. The number of β-amino-alcohol motifs (C(OH)–C–C–N with tert-alkyl or cyclic N) is 1. The Balaban J connectivity index is 1.62. The molecule has 1 unspecified atom stereocenters. The molecule has 2 fully saturated rings. The van der Waals surface area contributed by atoms with Crippen molar-refractivity contribution in [2.45, 2.75) is 51.2 Å². The van der Waals surface area contributed by atoms with Gasteiger partial charge in [0.05, 0.1) is 5.60 Å². The lowest BCUT2D eigenvalue weighted by atomic mass is 9.79. The van der Waals surface area contributed by atoms with Gasteiger partial charge >= 0.3 is 0 Å². The van der Waals surface area contributed by atoms with E-state index in [0.29, 0.717) is 17.6 Å². The van der Waals surface area contributed by atoms with Crippen LogP contribution < -0.4 is 4.90 Å². The molecule has 1 saturated carbocycles. The summed E-state index contributed by atoms with van der Waals surface area (Å²) in [4.78, 5) is 13.0. The van der Waals surface area contributed by atoms with Crippen LogP contribution in [-0.4, -0.2) is 57.8 Å². The lowest BCUT2D eigenvalue weighted by Crippen LogP contribution is -2.57. The second-order valence-electron chi connectivity index (χ2n) is 7.51. The van der Waals surface area contributed by atoms with E-state index < -0.39 is 5.60 Å². The number of aromatic nitrogens is 2. The molecule has 1 N–H and O–H groups in total. The van der Waals surface area contributed by atoms with Crippen LogP contribution in [-0.2, 0) is 0 Å². The summed E-state index contributed by atoms with van der Waals surface area (Å²) < 4.78 is 0. The largest absolute Gasteiger partial charge is 0.389 e. The highest BCUT2D eigenvalue weighted by atomic mass is 16.3. The maximum atomic E-state index is 10.9. The first kappa shape index (κ1) is 17.1. The summed E-state index contributed by atoms with van der Waals surface area (Å²) in [5, 5.41) is 20.1. The van der Waals surface area contributed by atoms with Crippen LogP contribution in [0.3, 0.4) is 0 Å². The summed E-state index contributed by atoms with van der Waals surface area (Å²) in [6, 6.07) is 2.44. The maximum Gasteiger partial charge on any atom is 0.183 e. The van der Waals surface area contributed by atoms with Crippen LogP contribution in [0.1, 0.15) is 45.2 Å². The Hall–Kier alpha value is -1.71. The standard InChI is InChI=1S/C18H27N5O/c1-14-3-5-18(24,6-4-14)13-23-10-9-22(12-15(23)2)17-16(11-19)20-7-8-21-17/h7-8,14-15,24H,3-6,9-10,12-13H2,1-2H3. The van der Waals surface area contributed by atoms with Crippen molar-refractivity contribution >= 4 is 5.82 Å². The van der Waals surface area contributed by atoms with Crippen LogP contribution in [0.4, 0.5) is 5.82 Å². The quantitative estimate of drug-likeness (QED) is 0.911. The SMILES string of the molecule is CC1CCC(O)(CN2CCN(c3nccnc3C#N)CC2C)CC1. The van der Waals surface area contributed by atoms with Gasteiger partial charge in [-0.15, -0.1) is 0 Å². The van der Waals surface area contributed by atoms with Gasteiger partial charge in [0.2, 0.25) is 0 Å². The van der Waals surface area contributed by atoms with Gasteiger partial charge in [0.1, 0.15) is 6.07 Å². The average Bonchev–Trinajstić information content (AvgIpc) is 2.59. The van der Waals surface area contributed by atoms with Gasteiger partial charge in [-0.05, 0) is 38.5 Å². The highest BCUT2D eigenvalue weighted by Gasteiger charge is 2.36. The first-order chi connectivity index (χ1) is 11.5. The van der Waals surface area contributed by atoms with E-state index in [1.807, 2.05) is 0 Å². The van der Waals surface area contributed by atoms with E-state index in [9.17, 15) is 10.4 Å². The van der Waals surface area contributed by atoms with Crippen LogP contribution in [0.5, 0.6) is 0 Å². The molecule has 1 atom stereocenters. The molecule has 6 heteroatoms. The van der Waals surface area contributed by atoms with Gasteiger partial charge in [-0.25, -0.2) is 9.97 Å². The molecule has 3 rings (SSSR count). The maximum absolute atomic E-state index is 10.9. The minimum Gasteiger partial charge on any atom is -0.389 e. The molecule has 2 aliphatic rings. The third-order valence-electron chi connectivity index (χ3n) is 5.55. The average molecular weight is 329 g/mol. The third-order valence-corrected chi connectivity index (χ3v) is 5.55. The molecule has 1 aromatic heterocycles. The normalized spacial score (nSPS) is 31.7. The van der Waals surface area contributed by atoms with E-state index in [0.717, 1.165) is 57.8 Å². The zero-order valence-electron chi connectivity index (χ0n) is 14.6. The highest BCUT2D eigenvalue weighted by Crippen LogP contribution is 2.33. The van der Waals surface area contributed by atoms with Gasteiger partial charge in [0.25, 0.3) is 0 Å². The summed E-state index contributed by atoms with van der Waals surface area (Å²) in [6.45, 7) is 7.70. The summed E-state index contributed by atoms with van der Waals surface area (Å²) in [6.07, 6.45) is 7.25. The number of anilines is 1. The third kappa shape index (κ3) is 3.68. The lowest BCUT2D eigenvalue weighted by molar-refractivity contribution is -0.0441. The monoisotopic (exact) mass is 329 g/mol.